The Morgan fingerprint density at radius 1 is 1.00 bits per heavy atom. The van der Waals surface area contributed by atoms with Crippen molar-refractivity contribution in [2.45, 2.75) is 6.92 Å². The molecule has 3 N–H and O–H groups in total. The van der Waals surface area contributed by atoms with Gasteiger partial charge in [-0.3, -0.25) is 0 Å². The van der Waals surface area contributed by atoms with Gasteiger partial charge in [-0.05, 0) is 13.0 Å². The first-order valence-electron chi connectivity index (χ1n) is 6.05. The van der Waals surface area contributed by atoms with Gasteiger partial charge in [0, 0.05) is 29.6 Å². The molecule has 0 bridgehead atoms. The highest BCUT2D eigenvalue weighted by Gasteiger charge is 2.19. The summed E-state index contributed by atoms with van der Waals surface area (Å²) >= 11 is 0. The molecule has 0 radical (unpaired) electrons. The van der Waals surface area contributed by atoms with E-state index in [4.69, 9.17) is 10.5 Å². The molecule has 0 aliphatic rings. The van der Waals surface area contributed by atoms with Crippen LogP contribution in [0.25, 0.3) is 0 Å². The van der Waals surface area contributed by atoms with E-state index in [-0.39, 0.29) is 17.4 Å². The van der Waals surface area contributed by atoms with Crippen LogP contribution in [0, 0.1) is 23.3 Å². The van der Waals surface area contributed by atoms with E-state index in [9.17, 15) is 17.6 Å². The largest absolute Gasteiger partial charge is 0.494 e. The van der Waals surface area contributed by atoms with Gasteiger partial charge in [-0.25, -0.2) is 17.6 Å². The van der Waals surface area contributed by atoms with Crippen LogP contribution in [0.15, 0.2) is 24.3 Å². The van der Waals surface area contributed by atoms with Crippen LogP contribution in [0.2, 0.25) is 0 Å². The van der Waals surface area contributed by atoms with E-state index in [1.165, 1.54) is 18.2 Å². The van der Waals surface area contributed by atoms with Crippen LogP contribution in [0.1, 0.15) is 6.92 Å². The lowest BCUT2D eigenvalue weighted by molar-refractivity contribution is 0.340. The Kier molecular flexibility index (Phi) is 4.21. The third-order valence-corrected chi connectivity index (χ3v) is 2.62. The zero-order valence-electron chi connectivity index (χ0n) is 11.0. The first-order chi connectivity index (χ1) is 9.92. The molecule has 0 amide bonds. The Labute approximate surface area is 118 Å². The molecule has 112 valence electrons. The van der Waals surface area contributed by atoms with E-state index in [1.807, 2.05) is 0 Å². The van der Waals surface area contributed by atoms with Crippen molar-refractivity contribution in [1.82, 2.24) is 0 Å². The normalized spacial score (nSPS) is 10.5. The number of nitrogen functional groups attached to an aromatic ring is 1. The lowest BCUT2D eigenvalue weighted by Crippen LogP contribution is -2.04. The third kappa shape index (κ3) is 3.18. The van der Waals surface area contributed by atoms with Crippen molar-refractivity contribution in [3.05, 3.63) is 47.5 Å². The lowest BCUT2D eigenvalue weighted by atomic mass is 10.2. The third-order valence-electron chi connectivity index (χ3n) is 2.62. The molecular formula is C14H12F4N2O. The van der Waals surface area contributed by atoms with Crippen molar-refractivity contribution in [1.29, 1.82) is 0 Å². The van der Waals surface area contributed by atoms with Crippen LogP contribution >= 0.6 is 0 Å². The van der Waals surface area contributed by atoms with Gasteiger partial charge in [0.25, 0.3) is 0 Å². The molecule has 2 rings (SSSR count). The first-order valence-corrected chi connectivity index (χ1v) is 6.05. The quantitative estimate of drug-likeness (QED) is 0.510. The first kappa shape index (κ1) is 15.0. The molecular weight excluding hydrogens is 288 g/mol. The maximum absolute atomic E-state index is 13.6. The molecule has 0 saturated heterocycles. The predicted octanol–water partition coefficient (Wildman–Crippen LogP) is 3.97. The molecule has 0 aliphatic heterocycles. The number of halogens is 4. The van der Waals surface area contributed by atoms with Crippen molar-refractivity contribution in [2.24, 2.45) is 0 Å². The van der Waals surface area contributed by atoms with Crippen LogP contribution < -0.4 is 15.8 Å². The fourth-order valence-corrected chi connectivity index (χ4v) is 1.77. The highest BCUT2D eigenvalue weighted by molar-refractivity contribution is 5.67. The molecule has 2 aromatic rings. The minimum Gasteiger partial charge on any atom is -0.494 e. The Bertz CT molecular complexity index is 650. The molecule has 7 heteroatoms. The summed E-state index contributed by atoms with van der Waals surface area (Å²) in [6.45, 7) is 2.11. The maximum Gasteiger partial charge on any atom is 0.185 e. The number of rotatable bonds is 4. The van der Waals surface area contributed by atoms with Crippen molar-refractivity contribution in [3.63, 3.8) is 0 Å². The Balaban J connectivity index is 2.43. The number of ether oxygens (including phenoxy) is 1. The standard InChI is InChI=1S/C14H12F4N2O/c1-2-21-9-4-7(19)3-8(5-9)20-14-12(17)10(15)6-11(16)13(14)18/h3-6,20H,2,19H2,1H3. The van der Waals surface area contributed by atoms with Gasteiger partial charge in [0.05, 0.1) is 6.61 Å². The summed E-state index contributed by atoms with van der Waals surface area (Å²) < 4.78 is 58.6. The second-order valence-electron chi connectivity index (χ2n) is 4.19. The van der Waals surface area contributed by atoms with Gasteiger partial charge < -0.3 is 15.8 Å². The SMILES string of the molecule is CCOc1cc(N)cc(Nc2c(F)c(F)cc(F)c2F)c1. The molecule has 0 atom stereocenters. The van der Waals surface area contributed by atoms with E-state index >= 15 is 0 Å². The molecule has 0 fully saturated rings. The molecule has 21 heavy (non-hydrogen) atoms. The summed E-state index contributed by atoms with van der Waals surface area (Å²) in [5.74, 6) is -5.67. The van der Waals surface area contributed by atoms with Crippen LogP contribution in [0.4, 0.5) is 34.6 Å². The number of nitrogens with two attached hydrogens (primary N) is 1. The van der Waals surface area contributed by atoms with Crippen LogP contribution in [-0.2, 0) is 0 Å². The Morgan fingerprint density at radius 3 is 2.19 bits per heavy atom. The van der Waals surface area contributed by atoms with Gasteiger partial charge in [-0.15, -0.1) is 0 Å². The second kappa shape index (κ2) is 5.90. The number of nitrogens with one attached hydrogen (secondary N) is 1. The van der Waals surface area contributed by atoms with Crippen LogP contribution in [-0.4, -0.2) is 6.61 Å². The van der Waals surface area contributed by atoms with Crippen molar-refractivity contribution >= 4 is 17.1 Å². The molecule has 0 aliphatic carbocycles. The average Bonchev–Trinajstić information content (AvgIpc) is 2.41. The van der Waals surface area contributed by atoms with E-state index in [2.05, 4.69) is 5.32 Å². The average molecular weight is 300 g/mol. The molecule has 0 spiro atoms. The number of benzene rings is 2. The van der Waals surface area contributed by atoms with Crippen LogP contribution in [0.3, 0.4) is 0 Å². The summed E-state index contributed by atoms with van der Waals surface area (Å²) in [7, 11) is 0. The van der Waals surface area contributed by atoms with Crippen molar-refractivity contribution in [2.75, 3.05) is 17.7 Å². The van der Waals surface area contributed by atoms with E-state index in [0.717, 1.165) is 0 Å². The monoisotopic (exact) mass is 300 g/mol. The Morgan fingerprint density at radius 2 is 1.62 bits per heavy atom. The smallest absolute Gasteiger partial charge is 0.185 e. The number of hydrogen-bond acceptors (Lipinski definition) is 3. The summed E-state index contributed by atoms with van der Waals surface area (Å²) in [4.78, 5) is 0. The topological polar surface area (TPSA) is 47.3 Å². The van der Waals surface area contributed by atoms with Crippen LogP contribution in [0.5, 0.6) is 5.75 Å². The van der Waals surface area contributed by atoms with Gasteiger partial charge >= 0.3 is 0 Å². The molecule has 0 aromatic heterocycles. The highest BCUT2D eigenvalue weighted by atomic mass is 19.2. The van der Waals surface area contributed by atoms with Crippen molar-refractivity contribution in [3.8, 4) is 5.75 Å². The van der Waals surface area contributed by atoms with Gasteiger partial charge in [-0.1, -0.05) is 0 Å². The minimum absolute atomic E-state index is 0.140. The van der Waals surface area contributed by atoms with Gasteiger partial charge in [0.15, 0.2) is 23.3 Å². The lowest BCUT2D eigenvalue weighted by Gasteiger charge is -2.12. The Hall–Kier alpha value is -2.44. The second-order valence-corrected chi connectivity index (χ2v) is 4.19. The van der Waals surface area contributed by atoms with E-state index < -0.39 is 29.0 Å². The predicted molar refractivity (Wildman–Crippen MR) is 71.6 cm³/mol. The summed E-state index contributed by atoms with van der Waals surface area (Å²) in [5.41, 5.74) is 5.10. The van der Waals surface area contributed by atoms with Crippen molar-refractivity contribution < 1.29 is 22.3 Å². The van der Waals surface area contributed by atoms with Gasteiger partial charge in [-0.2, -0.15) is 0 Å². The summed E-state index contributed by atoms with van der Waals surface area (Å²) in [6, 6.07) is 4.40. The van der Waals surface area contributed by atoms with Gasteiger partial charge in [0.1, 0.15) is 11.4 Å². The molecule has 0 unspecified atom stereocenters. The molecule has 0 heterocycles. The fraction of sp³-hybridized carbons (Fsp3) is 0.143. The molecule has 3 nitrogen and oxygen atoms in total. The molecule has 2 aromatic carbocycles. The fourth-order valence-electron chi connectivity index (χ4n) is 1.77. The maximum atomic E-state index is 13.6. The minimum atomic E-state index is -1.52. The number of hydrogen-bond donors (Lipinski definition) is 2. The van der Waals surface area contributed by atoms with E-state index in [0.29, 0.717) is 12.4 Å². The summed E-state index contributed by atoms with van der Waals surface area (Å²) in [5, 5.41) is 2.27. The molecule has 0 saturated carbocycles. The zero-order chi connectivity index (χ0) is 15.6. The number of anilines is 3. The van der Waals surface area contributed by atoms with E-state index in [1.54, 1.807) is 6.92 Å². The zero-order valence-corrected chi connectivity index (χ0v) is 11.0. The highest BCUT2D eigenvalue weighted by Crippen LogP contribution is 2.30. The van der Waals surface area contributed by atoms with Gasteiger partial charge in [0.2, 0.25) is 0 Å². The summed E-state index contributed by atoms with van der Waals surface area (Å²) in [6.07, 6.45) is 0.